The van der Waals surface area contributed by atoms with Gasteiger partial charge in [-0.05, 0) is 48.4 Å². The number of hydrogen-bond donors (Lipinski definition) is 0. The normalized spacial score (nSPS) is 18.4. The predicted octanol–water partition coefficient (Wildman–Crippen LogP) is 6.09. The quantitative estimate of drug-likeness (QED) is 0.475. The van der Waals surface area contributed by atoms with Crippen molar-refractivity contribution in [1.82, 2.24) is 4.90 Å². The highest BCUT2D eigenvalue weighted by molar-refractivity contribution is 6.33. The third kappa shape index (κ3) is 4.20. The van der Waals surface area contributed by atoms with Crippen molar-refractivity contribution in [2.45, 2.75) is 19.5 Å². The molecule has 0 bridgehead atoms. The molecule has 1 unspecified atom stereocenters. The smallest absolute Gasteiger partial charge is 0.231 e. The fourth-order valence-corrected chi connectivity index (χ4v) is 4.91. The zero-order valence-corrected chi connectivity index (χ0v) is 18.9. The SMILES string of the molecule is Cc1ccc(N2CCN(Cc3cccc4c3OCO4)CC2c2ccc(Cl)cc2)c(Cl)c1. The molecule has 0 amide bonds. The van der Waals surface area contributed by atoms with Gasteiger partial charge < -0.3 is 14.4 Å². The van der Waals surface area contributed by atoms with Crippen LogP contribution in [0, 0.1) is 6.92 Å². The number of hydrogen-bond acceptors (Lipinski definition) is 4. The van der Waals surface area contributed by atoms with Crippen molar-refractivity contribution >= 4 is 28.9 Å². The number of ether oxygens (including phenoxy) is 2. The molecule has 0 radical (unpaired) electrons. The van der Waals surface area contributed by atoms with Gasteiger partial charge in [0.15, 0.2) is 11.5 Å². The summed E-state index contributed by atoms with van der Waals surface area (Å²) < 4.78 is 11.3. The van der Waals surface area contributed by atoms with Gasteiger partial charge in [0.25, 0.3) is 0 Å². The van der Waals surface area contributed by atoms with Crippen LogP contribution < -0.4 is 14.4 Å². The van der Waals surface area contributed by atoms with Crippen LogP contribution in [0.2, 0.25) is 10.0 Å². The summed E-state index contributed by atoms with van der Waals surface area (Å²) in [4.78, 5) is 4.88. The fraction of sp³-hybridized carbons (Fsp3) is 0.280. The van der Waals surface area contributed by atoms with Gasteiger partial charge in [0.05, 0.1) is 16.8 Å². The van der Waals surface area contributed by atoms with Crippen molar-refractivity contribution in [2.75, 3.05) is 31.3 Å². The van der Waals surface area contributed by atoms with Crippen LogP contribution in [0.25, 0.3) is 0 Å². The minimum atomic E-state index is 0.167. The van der Waals surface area contributed by atoms with Crippen molar-refractivity contribution in [1.29, 1.82) is 0 Å². The van der Waals surface area contributed by atoms with Gasteiger partial charge in [0, 0.05) is 36.8 Å². The summed E-state index contributed by atoms with van der Waals surface area (Å²) >= 11 is 12.8. The van der Waals surface area contributed by atoms with E-state index < -0.39 is 0 Å². The molecule has 6 heteroatoms. The van der Waals surface area contributed by atoms with Gasteiger partial charge in [-0.15, -0.1) is 0 Å². The highest BCUT2D eigenvalue weighted by Gasteiger charge is 2.30. The number of nitrogens with zero attached hydrogens (tertiary/aromatic N) is 2. The summed E-state index contributed by atoms with van der Waals surface area (Å²) in [7, 11) is 0. The lowest BCUT2D eigenvalue weighted by molar-refractivity contribution is 0.170. The number of piperazine rings is 1. The monoisotopic (exact) mass is 454 g/mol. The van der Waals surface area contributed by atoms with Gasteiger partial charge in [-0.3, -0.25) is 4.90 Å². The van der Waals surface area contributed by atoms with Gasteiger partial charge >= 0.3 is 0 Å². The van der Waals surface area contributed by atoms with Crippen LogP contribution in [-0.2, 0) is 6.54 Å². The van der Waals surface area contributed by atoms with Gasteiger partial charge in [0.1, 0.15) is 0 Å². The van der Waals surface area contributed by atoms with Crippen molar-refractivity contribution in [3.05, 3.63) is 87.4 Å². The van der Waals surface area contributed by atoms with E-state index in [-0.39, 0.29) is 6.04 Å². The molecule has 1 atom stereocenters. The summed E-state index contributed by atoms with van der Waals surface area (Å²) in [6, 6.07) is 20.7. The minimum Gasteiger partial charge on any atom is -0.454 e. The Morgan fingerprint density at radius 1 is 0.968 bits per heavy atom. The summed E-state index contributed by atoms with van der Waals surface area (Å²) in [5.41, 5.74) is 4.62. The second kappa shape index (κ2) is 8.62. The van der Waals surface area contributed by atoms with E-state index >= 15 is 0 Å². The van der Waals surface area contributed by atoms with Crippen molar-refractivity contribution < 1.29 is 9.47 Å². The number of fused-ring (bicyclic) bond motifs is 1. The molecule has 1 fully saturated rings. The maximum absolute atomic E-state index is 6.66. The molecule has 2 aliphatic heterocycles. The van der Waals surface area contributed by atoms with Gasteiger partial charge in [-0.2, -0.15) is 0 Å². The second-order valence-corrected chi connectivity index (χ2v) is 8.95. The van der Waals surface area contributed by atoms with Gasteiger partial charge in [0.2, 0.25) is 6.79 Å². The summed E-state index contributed by atoms with van der Waals surface area (Å²) in [6.07, 6.45) is 0. The molecule has 0 spiro atoms. The Balaban J connectivity index is 1.44. The fourth-order valence-electron chi connectivity index (χ4n) is 4.44. The summed E-state index contributed by atoms with van der Waals surface area (Å²) in [5.74, 6) is 1.70. The highest BCUT2D eigenvalue weighted by atomic mass is 35.5. The van der Waals surface area contributed by atoms with Crippen LogP contribution >= 0.6 is 23.2 Å². The summed E-state index contributed by atoms with van der Waals surface area (Å²) in [5, 5.41) is 1.53. The number of rotatable bonds is 4. The number of halogens is 2. The first-order chi connectivity index (χ1) is 15.1. The lowest BCUT2D eigenvalue weighted by atomic mass is 10.0. The zero-order valence-electron chi connectivity index (χ0n) is 17.4. The van der Waals surface area contributed by atoms with Crippen molar-refractivity contribution in [3.8, 4) is 11.5 Å². The number of aryl methyl sites for hydroxylation is 1. The van der Waals surface area contributed by atoms with Crippen LogP contribution in [0.1, 0.15) is 22.7 Å². The molecule has 3 aromatic carbocycles. The lowest BCUT2D eigenvalue weighted by Crippen LogP contribution is -2.48. The largest absolute Gasteiger partial charge is 0.454 e. The average Bonchev–Trinajstić information content (AvgIpc) is 3.25. The Hall–Kier alpha value is -2.40. The summed E-state index contributed by atoms with van der Waals surface area (Å²) in [6.45, 7) is 5.84. The maximum Gasteiger partial charge on any atom is 0.231 e. The lowest BCUT2D eigenvalue weighted by Gasteiger charge is -2.43. The van der Waals surface area contributed by atoms with E-state index in [1.54, 1.807) is 0 Å². The Kier molecular flexibility index (Phi) is 5.70. The maximum atomic E-state index is 6.66. The molecular weight excluding hydrogens is 431 g/mol. The first kappa shape index (κ1) is 20.5. The predicted molar refractivity (Wildman–Crippen MR) is 126 cm³/mol. The molecule has 31 heavy (non-hydrogen) atoms. The molecule has 0 aliphatic carbocycles. The standard InChI is InChI=1S/C25H24Cl2N2O2/c1-17-5-10-22(21(27)13-17)29-12-11-28(15-23(29)18-6-8-20(26)9-7-18)14-19-3-2-4-24-25(19)31-16-30-24/h2-10,13,23H,11-12,14-16H2,1H3. The number of para-hydroxylation sites is 1. The van der Waals surface area contributed by atoms with Crippen LogP contribution in [0.3, 0.4) is 0 Å². The van der Waals surface area contributed by atoms with Crippen LogP contribution in [-0.4, -0.2) is 31.3 Å². The second-order valence-electron chi connectivity index (χ2n) is 8.10. The third-order valence-corrected chi connectivity index (χ3v) is 6.56. The molecular formula is C25H24Cl2N2O2. The molecule has 0 saturated carbocycles. The molecule has 5 rings (SSSR count). The Morgan fingerprint density at radius 3 is 2.61 bits per heavy atom. The molecule has 0 N–H and O–H groups in total. The molecule has 2 heterocycles. The Bertz CT molecular complexity index is 1090. The highest BCUT2D eigenvalue weighted by Crippen LogP contribution is 2.39. The van der Waals surface area contributed by atoms with Crippen LogP contribution in [0.5, 0.6) is 11.5 Å². The Labute approximate surface area is 192 Å². The average molecular weight is 455 g/mol. The molecule has 3 aromatic rings. The Morgan fingerprint density at radius 2 is 1.81 bits per heavy atom. The van der Waals surface area contributed by atoms with Crippen LogP contribution in [0.15, 0.2) is 60.7 Å². The third-order valence-electron chi connectivity index (χ3n) is 6.00. The number of anilines is 1. The van der Waals surface area contributed by atoms with Crippen molar-refractivity contribution in [3.63, 3.8) is 0 Å². The zero-order chi connectivity index (χ0) is 21.4. The first-order valence-electron chi connectivity index (χ1n) is 10.5. The van der Waals surface area contributed by atoms with E-state index in [1.807, 2.05) is 30.3 Å². The molecule has 160 valence electrons. The van der Waals surface area contributed by atoms with E-state index in [0.717, 1.165) is 64.5 Å². The number of benzene rings is 3. The van der Waals surface area contributed by atoms with E-state index in [4.69, 9.17) is 32.7 Å². The van der Waals surface area contributed by atoms with Crippen molar-refractivity contribution in [2.24, 2.45) is 0 Å². The van der Waals surface area contributed by atoms with E-state index in [9.17, 15) is 0 Å². The topological polar surface area (TPSA) is 24.9 Å². The van der Waals surface area contributed by atoms with E-state index in [0.29, 0.717) is 6.79 Å². The van der Waals surface area contributed by atoms with Crippen LogP contribution in [0.4, 0.5) is 5.69 Å². The van der Waals surface area contributed by atoms with Gasteiger partial charge in [-0.1, -0.05) is 53.5 Å². The first-order valence-corrected chi connectivity index (χ1v) is 11.2. The molecule has 0 aromatic heterocycles. The van der Waals surface area contributed by atoms with E-state index in [2.05, 4.69) is 47.1 Å². The molecule has 2 aliphatic rings. The molecule has 1 saturated heterocycles. The van der Waals surface area contributed by atoms with Gasteiger partial charge in [-0.25, -0.2) is 0 Å². The van der Waals surface area contributed by atoms with E-state index in [1.165, 1.54) is 5.56 Å². The minimum absolute atomic E-state index is 0.167. The molecule has 4 nitrogen and oxygen atoms in total.